The van der Waals surface area contributed by atoms with Crippen LogP contribution in [0, 0.1) is 0 Å². The number of rotatable bonds is 4. The number of anilines is 2. The smallest absolute Gasteiger partial charge is 0.340 e. The zero-order valence-electron chi connectivity index (χ0n) is 12.0. The maximum atomic E-state index is 12.0. The van der Waals surface area contributed by atoms with Gasteiger partial charge in [-0.2, -0.15) is 0 Å². The Morgan fingerprint density at radius 3 is 2.27 bits per heavy atom. The van der Waals surface area contributed by atoms with E-state index in [9.17, 15) is 14.7 Å². The molecule has 0 aliphatic carbocycles. The molecule has 0 aliphatic rings. The van der Waals surface area contributed by atoms with Crippen LogP contribution in [-0.4, -0.2) is 23.7 Å². The van der Waals surface area contributed by atoms with Crippen molar-refractivity contribution in [3.63, 3.8) is 0 Å². The number of carbonyl (C=O) groups excluding carboxylic acids is 2. The second-order valence-electron chi connectivity index (χ2n) is 4.36. The summed E-state index contributed by atoms with van der Waals surface area (Å²) in [7, 11) is 0. The summed E-state index contributed by atoms with van der Waals surface area (Å²) in [6.45, 7) is 1.95. The van der Waals surface area contributed by atoms with E-state index in [2.05, 4.69) is 10.6 Å². The number of urea groups is 1. The van der Waals surface area contributed by atoms with E-state index in [0.29, 0.717) is 5.69 Å². The molecule has 0 radical (unpaired) electrons. The first kappa shape index (κ1) is 15.4. The third-order valence-corrected chi connectivity index (χ3v) is 2.82. The summed E-state index contributed by atoms with van der Waals surface area (Å²) in [5.74, 6) is -0.558. The first-order valence-corrected chi connectivity index (χ1v) is 6.74. The SMILES string of the molecule is CCOC(=O)c1ccccc1NC(=O)Nc1ccccc1O. The maximum Gasteiger partial charge on any atom is 0.340 e. The molecule has 2 amide bonds. The summed E-state index contributed by atoms with van der Waals surface area (Å²) < 4.78 is 4.94. The van der Waals surface area contributed by atoms with E-state index in [1.54, 1.807) is 49.4 Å². The van der Waals surface area contributed by atoms with Gasteiger partial charge in [-0.3, -0.25) is 0 Å². The molecule has 2 rings (SSSR count). The van der Waals surface area contributed by atoms with Crippen LogP contribution in [0.3, 0.4) is 0 Å². The Labute approximate surface area is 127 Å². The second-order valence-corrected chi connectivity index (χ2v) is 4.36. The Bertz CT molecular complexity index is 685. The second kappa shape index (κ2) is 7.12. The van der Waals surface area contributed by atoms with Gasteiger partial charge in [-0.1, -0.05) is 24.3 Å². The molecule has 0 fully saturated rings. The predicted octanol–water partition coefficient (Wildman–Crippen LogP) is 3.21. The monoisotopic (exact) mass is 300 g/mol. The molecule has 0 saturated heterocycles. The van der Waals surface area contributed by atoms with E-state index >= 15 is 0 Å². The number of aromatic hydroxyl groups is 1. The number of benzene rings is 2. The number of phenols is 1. The lowest BCUT2D eigenvalue weighted by atomic mass is 10.2. The van der Waals surface area contributed by atoms with Crippen LogP contribution in [0.25, 0.3) is 0 Å². The van der Waals surface area contributed by atoms with Crippen LogP contribution in [0.5, 0.6) is 5.75 Å². The summed E-state index contributed by atoms with van der Waals surface area (Å²) in [6.07, 6.45) is 0. The Kier molecular flexibility index (Phi) is 4.98. The van der Waals surface area contributed by atoms with Gasteiger partial charge in [0.1, 0.15) is 5.75 Å². The van der Waals surface area contributed by atoms with Gasteiger partial charge in [-0.15, -0.1) is 0 Å². The molecular weight excluding hydrogens is 284 g/mol. The minimum absolute atomic E-state index is 0.0451. The number of phenolic OH excluding ortho intramolecular Hbond substituents is 1. The van der Waals surface area contributed by atoms with E-state index in [0.717, 1.165) is 0 Å². The number of amides is 2. The summed E-state index contributed by atoms with van der Waals surface area (Å²) in [6, 6.07) is 12.3. The maximum absolute atomic E-state index is 12.0. The lowest BCUT2D eigenvalue weighted by Crippen LogP contribution is -2.21. The van der Waals surface area contributed by atoms with Crippen LogP contribution in [0.4, 0.5) is 16.2 Å². The Morgan fingerprint density at radius 1 is 1.00 bits per heavy atom. The third-order valence-electron chi connectivity index (χ3n) is 2.82. The van der Waals surface area contributed by atoms with Crippen molar-refractivity contribution in [1.29, 1.82) is 0 Å². The predicted molar refractivity (Wildman–Crippen MR) is 83.1 cm³/mol. The van der Waals surface area contributed by atoms with Gasteiger partial charge in [0.05, 0.1) is 23.5 Å². The molecule has 0 aliphatic heterocycles. The van der Waals surface area contributed by atoms with Gasteiger partial charge in [0.25, 0.3) is 0 Å². The highest BCUT2D eigenvalue weighted by Crippen LogP contribution is 2.22. The summed E-state index contributed by atoms with van der Waals surface area (Å²) in [4.78, 5) is 23.8. The van der Waals surface area contributed by atoms with Crippen molar-refractivity contribution in [1.82, 2.24) is 0 Å². The lowest BCUT2D eigenvalue weighted by molar-refractivity contribution is 0.0527. The molecule has 0 heterocycles. The minimum atomic E-state index is -0.571. The summed E-state index contributed by atoms with van der Waals surface area (Å²) in [5.41, 5.74) is 0.860. The molecule has 6 heteroatoms. The minimum Gasteiger partial charge on any atom is -0.506 e. The average molecular weight is 300 g/mol. The Hall–Kier alpha value is -3.02. The van der Waals surface area contributed by atoms with Crippen LogP contribution in [0.15, 0.2) is 48.5 Å². The molecule has 3 N–H and O–H groups in total. The molecule has 6 nitrogen and oxygen atoms in total. The highest BCUT2D eigenvalue weighted by Gasteiger charge is 2.14. The van der Waals surface area contributed by atoms with Crippen molar-refractivity contribution < 1.29 is 19.4 Å². The molecular formula is C16H16N2O4. The summed E-state index contributed by atoms with van der Waals surface area (Å²) in [5, 5.41) is 14.7. The number of nitrogens with one attached hydrogen (secondary N) is 2. The Balaban J connectivity index is 2.12. The topological polar surface area (TPSA) is 87.7 Å². The number of carbonyl (C=O) groups is 2. The molecule has 0 unspecified atom stereocenters. The number of esters is 1. The molecule has 0 spiro atoms. The fourth-order valence-corrected chi connectivity index (χ4v) is 1.83. The molecule has 0 saturated carbocycles. The van der Waals surface area contributed by atoms with Gasteiger partial charge in [0.15, 0.2) is 0 Å². The van der Waals surface area contributed by atoms with Crippen LogP contribution >= 0.6 is 0 Å². The van der Waals surface area contributed by atoms with Crippen molar-refractivity contribution in [2.45, 2.75) is 6.92 Å². The summed E-state index contributed by atoms with van der Waals surface area (Å²) >= 11 is 0. The van der Waals surface area contributed by atoms with E-state index < -0.39 is 12.0 Å². The fraction of sp³-hybridized carbons (Fsp3) is 0.125. The van der Waals surface area contributed by atoms with Gasteiger partial charge in [0.2, 0.25) is 0 Å². The standard InChI is InChI=1S/C16H16N2O4/c1-2-22-15(20)11-7-3-4-8-12(11)17-16(21)18-13-9-5-6-10-14(13)19/h3-10,19H,2H2,1H3,(H2,17,18,21). The van der Waals surface area contributed by atoms with Gasteiger partial charge < -0.3 is 20.5 Å². The first-order valence-electron chi connectivity index (χ1n) is 6.74. The van der Waals surface area contributed by atoms with Gasteiger partial charge in [-0.05, 0) is 31.2 Å². The largest absolute Gasteiger partial charge is 0.506 e. The zero-order chi connectivity index (χ0) is 15.9. The molecule has 114 valence electrons. The molecule has 0 bridgehead atoms. The van der Waals surface area contributed by atoms with E-state index in [1.165, 1.54) is 6.07 Å². The molecule has 0 aromatic heterocycles. The Morgan fingerprint density at radius 2 is 1.59 bits per heavy atom. The van der Waals surface area contributed by atoms with Crippen molar-refractivity contribution in [2.24, 2.45) is 0 Å². The van der Waals surface area contributed by atoms with Crippen molar-refractivity contribution in [3.8, 4) is 5.75 Å². The van der Waals surface area contributed by atoms with E-state index in [-0.39, 0.29) is 23.6 Å². The van der Waals surface area contributed by atoms with Gasteiger partial charge >= 0.3 is 12.0 Å². The molecule has 2 aromatic rings. The van der Waals surface area contributed by atoms with Gasteiger partial charge in [0, 0.05) is 0 Å². The fourth-order valence-electron chi connectivity index (χ4n) is 1.83. The third kappa shape index (κ3) is 3.76. The lowest BCUT2D eigenvalue weighted by Gasteiger charge is -2.11. The highest BCUT2D eigenvalue weighted by molar-refractivity contribution is 6.05. The van der Waals surface area contributed by atoms with Gasteiger partial charge in [-0.25, -0.2) is 9.59 Å². The number of para-hydroxylation sites is 3. The van der Waals surface area contributed by atoms with Crippen molar-refractivity contribution >= 4 is 23.4 Å². The zero-order valence-corrected chi connectivity index (χ0v) is 12.0. The number of ether oxygens (including phenoxy) is 1. The van der Waals surface area contributed by atoms with Crippen LogP contribution in [0.1, 0.15) is 17.3 Å². The van der Waals surface area contributed by atoms with Crippen molar-refractivity contribution in [2.75, 3.05) is 17.2 Å². The highest BCUT2D eigenvalue weighted by atomic mass is 16.5. The number of hydrogen-bond donors (Lipinski definition) is 3. The molecule has 22 heavy (non-hydrogen) atoms. The first-order chi connectivity index (χ1) is 10.6. The number of hydrogen-bond acceptors (Lipinski definition) is 4. The van der Waals surface area contributed by atoms with E-state index in [1.807, 2.05) is 0 Å². The van der Waals surface area contributed by atoms with E-state index in [4.69, 9.17) is 4.74 Å². The normalized spacial score (nSPS) is 9.86. The van der Waals surface area contributed by atoms with Crippen LogP contribution in [0.2, 0.25) is 0 Å². The van der Waals surface area contributed by atoms with Crippen LogP contribution in [-0.2, 0) is 4.74 Å². The quantitative estimate of drug-likeness (QED) is 0.597. The molecule has 0 atom stereocenters. The average Bonchev–Trinajstić information content (AvgIpc) is 2.50. The van der Waals surface area contributed by atoms with Crippen molar-refractivity contribution in [3.05, 3.63) is 54.1 Å². The molecule has 2 aromatic carbocycles. The van der Waals surface area contributed by atoms with Crippen LogP contribution < -0.4 is 10.6 Å².